The number of anilines is 1. The number of ether oxygens (including phenoxy) is 2. The highest BCUT2D eigenvalue weighted by Crippen LogP contribution is 2.30. The molecule has 0 saturated carbocycles. The summed E-state index contributed by atoms with van der Waals surface area (Å²) in [6, 6.07) is 13.0. The second kappa shape index (κ2) is 7.03. The Balaban J connectivity index is 2.26. The molecular weight excluding hydrogens is 316 g/mol. The van der Waals surface area contributed by atoms with E-state index in [4.69, 9.17) is 14.7 Å². The van der Waals surface area contributed by atoms with E-state index in [2.05, 4.69) is 4.72 Å². The van der Waals surface area contributed by atoms with Gasteiger partial charge in [0.25, 0.3) is 10.0 Å². The number of benzene rings is 2. The van der Waals surface area contributed by atoms with Gasteiger partial charge in [-0.3, -0.25) is 4.72 Å². The molecule has 23 heavy (non-hydrogen) atoms. The van der Waals surface area contributed by atoms with E-state index in [1.165, 1.54) is 32.4 Å². The second-order valence-corrected chi connectivity index (χ2v) is 6.34. The highest BCUT2D eigenvalue weighted by molar-refractivity contribution is 7.92. The molecule has 0 unspecified atom stereocenters. The molecule has 7 heteroatoms. The molecule has 1 N–H and O–H groups in total. The number of rotatable bonds is 6. The van der Waals surface area contributed by atoms with Crippen LogP contribution < -0.4 is 14.2 Å². The highest BCUT2D eigenvalue weighted by atomic mass is 32.2. The summed E-state index contributed by atoms with van der Waals surface area (Å²) in [6.45, 7) is 0. The summed E-state index contributed by atoms with van der Waals surface area (Å²) >= 11 is 0. The van der Waals surface area contributed by atoms with E-state index in [1.807, 2.05) is 6.07 Å². The molecule has 0 spiro atoms. The number of nitriles is 1. The summed E-state index contributed by atoms with van der Waals surface area (Å²) in [6.07, 6.45) is 0.280. The van der Waals surface area contributed by atoms with E-state index in [0.29, 0.717) is 17.2 Å². The third-order valence-electron chi connectivity index (χ3n) is 3.15. The molecule has 6 nitrogen and oxygen atoms in total. The zero-order valence-corrected chi connectivity index (χ0v) is 13.6. The Kier molecular flexibility index (Phi) is 5.09. The first kappa shape index (κ1) is 16.6. The van der Waals surface area contributed by atoms with Crippen molar-refractivity contribution >= 4 is 15.7 Å². The van der Waals surface area contributed by atoms with Crippen molar-refractivity contribution in [2.24, 2.45) is 0 Å². The van der Waals surface area contributed by atoms with Crippen LogP contribution in [-0.4, -0.2) is 22.6 Å². The number of nitrogens with zero attached hydrogens (tertiary/aromatic N) is 1. The Morgan fingerprint density at radius 2 is 1.70 bits per heavy atom. The maximum atomic E-state index is 12.4. The fourth-order valence-electron chi connectivity index (χ4n) is 1.98. The van der Waals surface area contributed by atoms with Gasteiger partial charge in [0.15, 0.2) is 11.5 Å². The first-order valence-corrected chi connectivity index (χ1v) is 8.19. The maximum Gasteiger partial charge on any atom is 0.262 e. The van der Waals surface area contributed by atoms with E-state index in [0.717, 1.165) is 5.56 Å². The van der Waals surface area contributed by atoms with Crippen LogP contribution in [0.4, 0.5) is 5.69 Å². The molecule has 0 radical (unpaired) electrons. The Morgan fingerprint density at radius 3 is 2.26 bits per heavy atom. The standard InChI is InChI=1S/C16H16N2O4S/c1-21-15-8-7-14(11-16(15)22-2)23(19,20)18-13-5-3-12(4-6-13)9-10-17/h3-8,11,18H,9H2,1-2H3. The minimum absolute atomic E-state index is 0.0660. The lowest BCUT2D eigenvalue weighted by Gasteiger charge is -2.11. The van der Waals surface area contributed by atoms with Gasteiger partial charge >= 0.3 is 0 Å². The molecular formula is C16H16N2O4S. The molecule has 0 fully saturated rings. The largest absolute Gasteiger partial charge is 0.493 e. The first-order chi connectivity index (χ1) is 11.0. The van der Waals surface area contributed by atoms with Crippen LogP contribution in [0.15, 0.2) is 47.4 Å². The third-order valence-corrected chi connectivity index (χ3v) is 4.53. The first-order valence-electron chi connectivity index (χ1n) is 6.71. The van der Waals surface area contributed by atoms with Gasteiger partial charge in [-0.25, -0.2) is 8.42 Å². The molecule has 0 bridgehead atoms. The molecule has 0 aliphatic rings. The van der Waals surface area contributed by atoms with Crippen LogP contribution in [-0.2, 0) is 16.4 Å². The molecule has 2 rings (SSSR count). The van der Waals surface area contributed by atoms with E-state index in [-0.39, 0.29) is 11.3 Å². The normalized spacial score (nSPS) is 10.7. The fraction of sp³-hybridized carbons (Fsp3) is 0.188. The van der Waals surface area contributed by atoms with Gasteiger partial charge in [0, 0.05) is 11.8 Å². The lowest BCUT2D eigenvalue weighted by atomic mass is 10.1. The number of hydrogen-bond acceptors (Lipinski definition) is 5. The molecule has 0 amide bonds. The molecule has 2 aromatic rings. The lowest BCUT2D eigenvalue weighted by molar-refractivity contribution is 0.354. The SMILES string of the molecule is COc1ccc(S(=O)(=O)Nc2ccc(CC#N)cc2)cc1OC. The van der Waals surface area contributed by atoms with Gasteiger partial charge in [-0.2, -0.15) is 5.26 Å². The highest BCUT2D eigenvalue weighted by Gasteiger charge is 2.17. The van der Waals surface area contributed by atoms with Gasteiger partial charge in [-0.05, 0) is 29.8 Å². The molecule has 0 heterocycles. The topological polar surface area (TPSA) is 88.4 Å². The van der Waals surface area contributed by atoms with Crippen LogP contribution in [0.2, 0.25) is 0 Å². The maximum absolute atomic E-state index is 12.4. The molecule has 0 saturated heterocycles. The molecule has 0 aliphatic carbocycles. The smallest absolute Gasteiger partial charge is 0.262 e. The predicted octanol–water partition coefficient (Wildman–Crippen LogP) is 2.57. The third kappa shape index (κ3) is 3.93. The summed E-state index contributed by atoms with van der Waals surface area (Å²) in [5.41, 5.74) is 1.24. The van der Waals surface area contributed by atoms with Gasteiger partial charge in [-0.1, -0.05) is 12.1 Å². The monoisotopic (exact) mass is 332 g/mol. The Labute approximate surface area is 135 Å². The van der Waals surface area contributed by atoms with Crippen molar-refractivity contribution in [3.05, 3.63) is 48.0 Å². The van der Waals surface area contributed by atoms with Gasteiger partial charge in [0.05, 0.1) is 31.6 Å². The van der Waals surface area contributed by atoms with Crippen molar-refractivity contribution < 1.29 is 17.9 Å². The van der Waals surface area contributed by atoms with Gasteiger partial charge in [0.1, 0.15) is 0 Å². The lowest BCUT2D eigenvalue weighted by Crippen LogP contribution is -2.13. The molecule has 2 aromatic carbocycles. The van der Waals surface area contributed by atoms with Gasteiger partial charge < -0.3 is 9.47 Å². The number of methoxy groups -OCH3 is 2. The van der Waals surface area contributed by atoms with Crippen molar-refractivity contribution in [1.82, 2.24) is 0 Å². The minimum atomic E-state index is -3.75. The average molecular weight is 332 g/mol. The molecule has 0 aliphatic heterocycles. The van der Waals surface area contributed by atoms with Gasteiger partial charge in [-0.15, -0.1) is 0 Å². The summed E-state index contributed by atoms with van der Waals surface area (Å²) in [5, 5.41) is 8.63. The van der Waals surface area contributed by atoms with Crippen LogP contribution in [0.5, 0.6) is 11.5 Å². The minimum Gasteiger partial charge on any atom is -0.493 e. The summed E-state index contributed by atoms with van der Waals surface area (Å²) in [4.78, 5) is 0.0660. The fourth-order valence-corrected chi connectivity index (χ4v) is 3.05. The zero-order chi connectivity index (χ0) is 16.9. The van der Waals surface area contributed by atoms with Gasteiger partial charge in [0.2, 0.25) is 0 Å². The van der Waals surface area contributed by atoms with Crippen molar-refractivity contribution in [2.75, 3.05) is 18.9 Å². The van der Waals surface area contributed by atoms with E-state index in [1.54, 1.807) is 24.3 Å². The molecule has 0 atom stereocenters. The number of nitrogens with one attached hydrogen (secondary N) is 1. The van der Waals surface area contributed by atoms with Crippen molar-refractivity contribution in [3.63, 3.8) is 0 Å². The zero-order valence-electron chi connectivity index (χ0n) is 12.7. The van der Waals surface area contributed by atoms with Crippen molar-refractivity contribution in [1.29, 1.82) is 5.26 Å². The molecule has 0 aromatic heterocycles. The van der Waals surface area contributed by atoms with Crippen LogP contribution in [0.1, 0.15) is 5.56 Å². The van der Waals surface area contributed by atoms with Crippen molar-refractivity contribution in [2.45, 2.75) is 11.3 Å². The van der Waals surface area contributed by atoms with E-state index in [9.17, 15) is 8.42 Å². The van der Waals surface area contributed by atoms with Crippen LogP contribution in [0.3, 0.4) is 0 Å². The Morgan fingerprint density at radius 1 is 1.04 bits per heavy atom. The number of hydrogen-bond donors (Lipinski definition) is 1. The number of sulfonamides is 1. The second-order valence-electron chi connectivity index (χ2n) is 4.65. The average Bonchev–Trinajstić information content (AvgIpc) is 2.56. The summed E-state index contributed by atoms with van der Waals surface area (Å²) in [5.74, 6) is 0.784. The summed E-state index contributed by atoms with van der Waals surface area (Å²) in [7, 11) is -0.827. The molecule has 120 valence electrons. The van der Waals surface area contributed by atoms with E-state index < -0.39 is 10.0 Å². The van der Waals surface area contributed by atoms with Crippen LogP contribution >= 0.6 is 0 Å². The summed E-state index contributed by atoms with van der Waals surface area (Å²) < 4.78 is 37.5. The van der Waals surface area contributed by atoms with E-state index >= 15 is 0 Å². The Hall–Kier alpha value is -2.72. The van der Waals surface area contributed by atoms with Crippen LogP contribution in [0, 0.1) is 11.3 Å². The Bertz CT molecular complexity index is 824. The predicted molar refractivity (Wildman–Crippen MR) is 86.1 cm³/mol. The quantitative estimate of drug-likeness (QED) is 0.878. The van der Waals surface area contributed by atoms with Crippen molar-refractivity contribution in [3.8, 4) is 17.6 Å². The van der Waals surface area contributed by atoms with Crippen LogP contribution in [0.25, 0.3) is 0 Å².